The highest BCUT2D eigenvalue weighted by Crippen LogP contribution is 2.41. The lowest BCUT2D eigenvalue weighted by molar-refractivity contribution is 0.0986. The summed E-state index contributed by atoms with van der Waals surface area (Å²) in [6, 6.07) is 10.7. The van der Waals surface area contributed by atoms with Crippen LogP contribution in [-0.2, 0) is 4.74 Å². The fraction of sp³-hybridized carbons (Fsp3) is 0.133. The third-order valence-electron chi connectivity index (χ3n) is 3.35. The topological polar surface area (TPSA) is 26.3 Å². The largest absolute Gasteiger partial charge is 0.372 e. The fourth-order valence-corrected chi connectivity index (χ4v) is 3.08. The molecule has 0 N–H and O–H groups in total. The van der Waals surface area contributed by atoms with Gasteiger partial charge in [0.15, 0.2) is 5.78 Å². The second kappa shape index (κ2) is 4.64. The second-order valence-electron chi connectivity index (χ2n) is 4.35. The Morgan fingerprint density at radius 1 is 0.947 bits per heavy atom. The van der Waals surface area contributed by atoms with Gasteiger partial charge in [0, 0.05) is 18.2 Å². The number of ketones is 1. The van der Waals surface area contributed by atoms with Crippen molar-refractivity contribution in [3.05, 3.63) is 68.7 Å². The van der Waals surface area contributed by atoms with Crippen LogP contribution in [0.3, 0.4) is 0 Å². The maximum atomic E-state index is 12.6. The maximum absolute atomic E-state index is 12.6. The van der Waals surface area contributed by atoms with E-state index in [1.54, 1.807) is 19.2 Å². The van der Waals surface area contributed by atoms with Gasteiger partial charge in [-0.1, -0.05) is 47.5 Å². The van der Waals surface area contributed by atoms with Crippen molar-refractivity contribution in [1.29, 1.82) is 0 Å². The fourth-order valence-electron chi connectivity index (χ4n) is 2.54. The van der Waals surface area contributed by atoms with Crippen LogP contribution >= 0.6 is 23.2 Å². The smallest absolute Gasteiger partial charge is 0.196 e. The summed E-state index contributed by atoms with van der Waals surface area (Å²) in [5.41, 5.74) is 2.54. The minimum atomic E-state index is -0.319. The number of fused-ring (bicyclic) bond motifs is 2. The summed E-state index contributed by atoms with van der Waals surface area (Å²) in [4.78, 5) is 12.6. The van der Waals surface area contributed by atoms with E-state index in [0.717, 1.165) is 11.1 Å². The Morgan fingerprint density at radius 2 is 1.42 bits per heavy atom. The zero-order valence-electron chi connectivity index (χ0n) is 10.1. The number of halogens is 2. The molecule has 2 aromatic carbocycles. The van der Waals surface area contributed by atoms with Crippen LogP contribution < -0.4 is 0 Å². The molecule has 19 heavy (non-hydrogen) atoms. The predicted octanol–water partition coefficient (Wildman–Crippen LogP) is 4.27. The lowest BCUT2D eigenvalue weighted by atomic mass is 9.83. The van der Waals surface area contributed by atoms with Crippen LogP contribution in [0.4, 0.5) is 0 Å². The molecule has 0 fully saturated rings. The van der Waals surface area contributed by atoms with E-state index in [2.05, 4.69) is 0 Å². The van der Waals surface area contributed by atoms with Gasteiger partial charge in [-0.3, -0.25) is 4.79 Å². The van der Waals surface area contributed by atoms with E-state index in [0.29, 0.717) is 21.2 Å². The van der Waals surface area contributed by atoms with Crippen LogP contribution in [0.2, 0.25) is 10.0 Å². The average Bonchev–Trinajstić information content (AvgIpc) is 2.39. The summed E-state index contributed by atoms with van der Waals surface area (Å²) >= 11 is 12.3. The zero-order valence-corrected chi connectivity index (χ0v) is 11.6. The Bertz CT molecular complexity index is 624. The number of hydrogen-bond acceptors (Lipinski definition) is 2. The van der Waals surface area contributed by atoms with Crippen LogP contribution in [0.25, 0.3) is 0 Å². The Morgan fingerprint density at radius 3 is 1.84 bits per heavy atom. The molecule has 0 radical (unpaired) electrons. The lowest BCUT2D eigenvalue weighted by Gasteiger charge is -2.27. The number of carbonyl (C=O) groups excluding carboxylic acids is 1. The molecule has 0 saturated carbocycles. The summed E-state index contributed by atoms with van der Waals surface area (Å²) in [6.07, 6.45) is -0.319. The van der Waals surface area contributed by atoms with Crippen LogP contribution in [0.15, 0.2) is 36.4 Å². The van der Waals surface area contributed by atoms with Crippen molar-refractivity contribution in [2.24, 2.45) is 0 Å². The second-order valence-corrected chi connectivity index (χ2v) is 5.17. The predicted molar refractivity (Wildman–Crippen MR) is 75.2 cm³/mol. The summed E-state index contributed by atoms with van der Waals surface area (Å²) in [6.45, 7) is 0. The third-order valence-corrected chi connectivity index (χ3v) is 3.98. The van der Waals surface area contributed by atoms with Gasteiger partial charge < -0.3 is 4.74 Å². The van der Waals surface area contributed by atoms with Crippen LogP contribution in [0.1, 0.15) is 33.2 Å². The number of rotatable bonds is 1. The standard InChI is InChI=1S/C15H10Cl2O2/c1-19-15-8-4-2-6-10(16)12(8)14(18)13-9(15)5-3-7-11(13)17/h2-7,15H,1H3. The molecule has 0 unspecified atom stereocenters. The summed E-state index contributed by atoms with van der Waals surface area (Å²) in [7, 11) is 1.61. The third kappa shape index (κ3) is 1.79. The molecule has 4 heteroatoms. The van der Waals surface area contributed by atoms with Crippen molar-refractivity contribution in [2.45, 2.75) is 6.10 Å². The summed E-state index contributed by atoms with van der Waals surface area (Å²) < 4.78 is 5.53. The molecule has 0 aromatic heterocycles. The van der Waals surface area contributed by atoms with Gasteiger partial charge in [0.25, 0.3) is 0 Å². The number of hydrogen-bond donors (Lipinski definition) is 0. The van der Waals surface area contributed by atoms with Crippen LogP contribution in [0.5, 0.6) is 0 Å². The summed E-state index contributed by atoms with van der Waals surface area (Å²) in [5, 5.41) is 0.852. The first-order valence-electron chi connectivity index (χ1n) is 5.79. The highest BCUT2D eigenvalue weighted by Gasteiger charge is 2.33. The number of benzene rings is 2. The van der Waals surface area contributed by atoms with E-state index in [9.17, 15) is 4.79 Å². The quantitative estimate of drug-likeness (QED) is 0.784. The molecule has 96 valence electrons. The number of methoxy groups -OCH3 is 1. The molecular formula is C15H10Cl2O2. The van der Waals surface area contributed by atoms with Crippen molar-refractivity contribution < 1.29 is 9.53 Å². The number of ether oxygens (including phenoxy) is 1. The van der Waals surface area contributed by atoms with E-state index >= 15 is 0 Å². The Labute approximate surface area is 120 Å². The molecule has 3 rings (SSSR count). The van der Waals surface area contributed by atoms with E-state index in [1.807, 2.05) is 24.3 Å². The van der Waals surface area contributed by atoms with Crippen molar-refractivity contribution in [3.8, 4) is 0 Å². The zero-order chi connectivity index (χ0) is 13.6. The first-order chi connectivity index (χ1) is 9.15. The normalized spacial score (nSPS) is 14.2. The van der Waals surface area contributed by atoms with Gasteiger partial charge in [-0.05, 0) is 23.3 Å². The van der Waals surface area contributed by atoms with Crippen LogP contribution in [-0.4, -0.2) is 12.9 Å². The first-order valence-corrected chi connectivity index (χ1v) is 6.55. The van der Waals surface area contributed by atoms with E-state index in [4.69, 9.17) is 27.9 Å². The van der Waals surface area contributed by atoms with Crippen molar-refractivity contribution >= 4 is 29.0 Å². The lowest BCUT2D eigenvalue weighted by Crippen LogP contribution is -2.21. The van der Waals surface area contributed by atoms with Crippen molar-refractivity contribution in [3.63, 3.8) is 0 Å². The Balaban J connectivity index is 2.36. The average molecular weight is 293 g/mol. The van der Waals surface area contributed by atoms with E-state index in [1.165, 1.54) is 0 Å². The molecule has 2 aromatic rings. The number of carbonyl (C=O) groups is 1. The molecule has 0 amide bonds. The van der Waals surface area contributed by atoms with Gasteiger partial charge in [0.05, 0.1) is 10.0 Å². The maximum Gasteiger partial charge on any atom is 0.196 e. The van der Waals surface area contributed by atoms with Crippen molar-refractivity contribution in [1.82, 2.24) is 0 Å². The molecule has 0 spiro atoms. The molecule has 1 aliphatic carbocycles. The molecule has 0 saturated heterocycles. The SMILES string of the molecule is COC1c2cccc(Cl)c2C(=O)c2c(Cl)cccc21. The van der Waals surface area contributed by atoms with E-state index < -0.39 is 0 Å². The van der Waals surface area contributed by atoms with Gasteiger partial charge in [0.2, 0.25) is 0 Å². The van der Waals surface area contributed by atoms with Gasteiger partial charge >= 0.3 is 0 Å². The van der Waals surface area contributed by atoms with Crippen LogP contribution in [0, 0.1) is 0 Å². The molecule has 0 aliphatic heterocycles. The van der Waals surface area contributed by atoms with Gasteiger partial charge in [-0.25, -0.2) is 0 Å². The highest BCUT2D eigenvalue weighted by atomic mass is 35.5. The molecular weight excluding hydrogens is 283 g/mol. The van der Waals surface area contributed by atoms with E-state index in [-0.39, 0.29) is 11.9 Å². The Kier molecular flexibility index (Phi) is 3.09. The van der Waals surface area contributed by atoms with Gasteiger partial charge in [-0.2, -0.15) is 0 Å². The minimum absolute atomic E-state index is 0.144. The Hall–Kier alpha value is -1.35. The molecule has 1 aliphatic rings. The molecule has 0 atom stereocenters. The van der Waals surface area contributed by atoms with Gasteiger partial charge in [0.1, 0.15) is 6.10 Å². The molecule has 0 heterocycles. The van der Waals surface area contributed by atoms with Crippen molar-refractivity contribution in [2.75, 3.05) is 7.11 Å². The molecule has 2 nitrogen and oxygen atoms in total. The first kappa shape index (κ1) is 12.7. The highest BCUT2D eigenvalue weighted by molar-refractivity contribution is 6.39. The molecule has 0 bridgehead atoms. The monoisotopic (exact) mass is 292 g/mol. The van der Waals surface area contributed by atoms with Gasteiger partial charge in [-0.15, -0.1) is 0 Å². The summed E-state index contributed by atoms with van der Waals surface area (Å²) in [5.74, 6) is -0.144. The minimum Gasteiger partial charge on any atom is -0.372 e.